The van der Waals surface area contributed by atoms with Crippen molar-refractivity contribution in [1.82, 2.24) is 25.3 Å². The first-order valence-electron chi connectivity index (χ1n) is 11.4. The summed E-state index contributed by atoms with van der Waals surface area (Å²) in [7, 11) is 0. The Morgan fingerprint density at radius 2 is 1.72 bits per heavy atom. The van der Waals surface area contributed by atoms with Gasteiger partial charge in [-0.1, -0.05) is 12.8 Å². The zero-order valence-corrected chi connectivity index (χ0v) is 18.2. The molecule has 2 heterocycles. The minimum Gasteiger partial charge on any atom is -0.357 e. The van der Waals surface area contributed by atoms with Crippen LogP contribution in [0.5, 0.6) is 0 Å². The minimum absolute atomic E-state index is 0.165. The number of rotatable bonds is 6. The van der Waals surface area contributed by atoms with E-state index in [1.165, 1.54) is 12.8 Å². The van der Waals surface area contributed by atoms with Crippen molar-refractivity contribution in [1.29, 1.82) is 0 Å². The van der Waals surface area contributed by atoms with Crippen LogP contribution in [0.15, 0.2) is 4.99 Å². The molecular formula is C21H38N6O2. The number of nitrogens with one attached hydrogen (secondary N) is 2. The van der Waals surface area contributed by atoms with Crippen LogP contribution >= 0.6 is 0 Å². The van der Waals surface area contributed by atoms with E-state index >= 15 is 0 Å². The fourth-order valence-corrected chi connectivity index (χ4v) is 4.61. The molecule has 2 aliphatic heterocycles. The fourth-order valence-electron chi connectivity index (χ4n) is 4.61. The summed E-state index contributed by atoms with van der Waals surface area (Å²) in [5, 5.41) is 6.86. The molecule has 3 aliphatic rings. The maximum atomic E-state index is 12.6. The lowest BCUT2D eigenvalue weighted by atomic mass is 10.1. The second-order valence-electron chi connectivity index (χ2n) is 8.50. The summed E-state index contributed by atoms with van der Waals surface area (Å²) in [6, 6.07) is 0.275. The van der Waals surface area contributed by atoms with Crippen LogP contribution in [0, 0.1) is 5.92 Å². The highest BCUT2D eigenvalue weighted by Gasteiger charge is 2.32. The SMILES string of the molecule is CCNC(=NCCN1CCN(C(C)=O)CC1)NC1CCN(C(=O)C2CCCC2)C1. The quantitative estimate of drug-likeness (QED) is 0.496. The Morgan fingerprint density at radius 3 is 2.38 bits per heavy atom. The highest BCUT2D eigenvalue weighted by Crippen LogP contribution is 2.27. The van der Waals surface area contributed by atoms with Crippen LogP contribution in [-0.2, 0) is 9.59 Å². The Kier molecular flexibility index (Phi) is 8.15. The third-order valence-corrected chi connectivity index (χ3v) is 6.39. The van der Waals surface area contributed by atoms with E-state index in [-0.39, 0.29) is 17.9 Å². The first-order valence-corrected chi connectivity index (χ1v) is 11.4. The van der Waals surface area contributed by atoms with Gasteiger partial charge in [0.25, 0.3) is 0 Å². The van der Waals surface area contributed by atoms with Gasteiger partial charge in [0.05, 0.1) is 6.54 Å². The zero-order chi connectivity index (χ0) is 20.6. The van der Waals surface area contributed by atoms with Gasteiger partial charge >= 0.3 is 0 Å². The van der Waals surface area contributed by atoms with E-state index in [4.69, 9.17) is 4.99 Å². The lowest BCUT2D eigenvalue weighted by molar-refractivity contribution is -0.134. The highest BCUT2D eigenvalue weighted by molar-refractivity contribution is 5.81. The average molecular weight is 407 g/mol. The van der Waals surface area contributed by atoms with Crippen molar-refractivity contribution in [3.05, 3.63) is 0 Å². The van der Waals surface area contributed by atoms with Crippen molar-refractivity contribution in [2.24, 2.45) is 10.9 Å². The third-order valence-electron chi connectivity index (χ3n) is 6.39. The van der Waals surface area contributed by atoms with Crippen LogP contribution in [0.3, 0.4) is 0 Å². The van der Waals surface area contributed by atoms with Gasteiger partial charge in [-0.25, -0.2) is 0 Å². The molecule has 3 rings (SSSR count). The van der Waals surface area contributed by atoms with Crippen LogP contribution in [-0.4, -0.2) is 97.4 Å². The van der Waals surface area contributed by atoms with E-state index in [0.717, 1.165) is 84.1 Å². The fraction of sp³-hybridized carbons (Fsp3) is 0.857. The van der Waals surface area contributed by atoms with Crippen LogP contribution < -0.4 is 10.6 Å². The van der Waals surface area contributed by atoms with Gasteiger partial charge in [0.15, 0.2) is 5.96 Å². The number of guanidine groups is 1. The molecule has 0 aromatic rings. The third kappa shape index (κ3) is 6.32. The van der Waals surface area contributed by atoms with Crippen LogP contribution in [0.1, 0.15) is 46.0 Å². The summed E-state index contributed by atoms with van der Waals surface area (Å²) in [6.07, 6.45) is 5.52. The smallest absolute Gasteiger partial charge is 0.225 e. The molecule has 0 bridgehead atoms. The molecule has 0 spiro atoms. The number of hydrogen-bond acceptors (Lipinski definition) is 4. The van der Waals surface area contributed by atoms with E-state index in [0.29, 0.717) is 5.91 Å². The average Bonchev–Trinajstić information content (AvgIpc) is 3.40. The molecular weight excluding hydrogens is 368 g/mol. The number of carbonyl (C=O) groups excluding carboxylic acids is 2. The van der Waals surface area contributed by atoms with E-state index in [1.54, 1.807) is 6.92 Å². The van der Waals surface area contributed by atoms with Crippen molar-refractivity contribution in [3.63, 3.8) is 0 Å². The van der Waals surface area contributed by atoms with Crippen molar-refractivity contribution in [3.8, 4) is 0 Å². The molecule has 1 saturated carbocycles. The standard InChI is InChI=1S/C21H38N6O2/c1-3-22-21(23-9-11-25-12-14-26(15-13-25)17(2)28)24-19-8-10-27(16-19)20(29)18-6-4-5-7-18/h18-19H,3-16H2,1-2H3,(H2,22,23,24). The summed E-state index contributed by atoms with van der Waals surface area (Å²) >= 11 is 0. The van der Waals surface area contributed by atoms with E-state index in [1.807, 2.05) is 9.80 Å². The Balaban J connectivity index is 1.41. The van der Waals surface area contributed by atoms with Crippen LogP contribution in [0.25, 0.3) is 0 Å². The monoisotopic (exact) mass is 406 g/mol. The predicted molar refractivity (Wildman–Crippen MR) is 115 cm³/mol. The van der Waals surface area contributed by atoms with Gasteiger partial charge in [-0.15, -0.1) is 0 Å². The van der Waals surface area contributed by atoms with Crippen molar-refractivity contribution in [2.45, 2.75) is 52.0 Å². The Bertz CT molecular complexity index is 582. The lowest BCUT2D eigenvalue weighted by Gasteiger charge is -2.33. The molecule has 8 nitrogen and oxygen atoms in total. The Morgan fingerprint density at radius 1 is 1.00 bits per heavy atom. The molecule has 0 aromatic carbocycles. The van der Waals surface area contributed by atoms with Crippen molar-refractivity contribution in [2.75, 3.05) is 58.9 Å². The minimum atomic E-state index is 0.165. The van der Waals surface area contributed by atoms with Crippen LogP contribution in [0.2, 0.25) is 0 Å². The largest absolute Gasteiger partial charge is 0.357 e. The van der Waals surface area contributed by atoms with Gasteiger partial charge in [-0.3, -0.25) is 19.5 Å². The Hall–Kier alpha value is -1.83. The predicted octanol–water partition coefficient (Wildman–Crippen LogP) is 0.497. The van der Waals surface area contributed by atoms with Crippen molar-refractivity contribution >= 4 is 17.8 Å². The maximum Gasteiger partial charge on any atom is 0.225 e. The number of amides is 2. The lowest BCUT2D eigenvalue weighted by Crippen LogP contribution is -2.49. The second-order valence-corrected chi connectivity index (χ2v) is 8.50. The molecule has 8 heteroatoms. The van der Waals surface area contributed by atoms with Crippen LogP contribution in [0.4, 0.5) is 0 Å². The first kappa shape index (κ1) is 21.9. The first-order chi connectivity index (χ1) is 14.1. The van der Waals surface area contributed by atoms with Gasteiger partial charge in [-0.2, -0.15) is 0 Å². The summed E-state index contributed by atoms with van der Waals surface area (Å²) in [4.78, 5) is 35.1. The van der Waals surface area contributed by atoms with E-state index in [2.05, 4.69) is 22.5 Å². The summed E-state index contributed by atoms with van der Waals surface area (Å²) in [6.45, 7) is 11.3. The molecule has 164 valence electrons. The maximum absolute atomic E-state index is 12.6. The summed E-state index contributed by atoms with van der Waals surface area (Å²) in [5.74, 6) is 1.63. The topological polar surface area (TPSA) is 80.3 Å². The number of piperazine rings is 1. The Labute approximate surface area is 175 Å². The molecule has 0 radical (unpaired) electrons. The molecule has 1 atom stereocenters. The van der Waals surface area contributed by atoms with Gasteiger partial charge in [0.2, 0.25) is 11.8 Å². The summed E-state index contributed by atoms with van der Waals surface area (Å²) < 4.78 is 0. The molecule has 2 amide bonds. The van der Waals surface area contributed by atoms with E-state index < -0.39 is 0 Å². The van der Waals surface area contributed by atoms with Gasteiger partial charge < -0.3 is 20.4 Å². The molecule has 1 aliphatic carbocycles. The molecule has 3 fully saturated rings. The number of aliphatic imine (C=N–C) groups is 1. The zero-order valence-electron chi connectivity index (χ0n) is 18.2. The summed E-state index contributed by atoms with van der Waals surface area (Å²) in [5.41, 5.74) is 0. The number of hydrogen-bond donors (Lipinski definition) is 2. The number of carbonyl (C=O) groups is 2. The molecule has 0 aromatic heterocycles. The van der Waals surface area contributed by atoms with E-state index in [9.17, 15) is 9.59 Å². The van der Waals surface area contributed by atoms with Crippen molar-refractivity contribution < 1.29 is 9.59 Å². The number of likely N-dealkylation sites (tertiary alicyclic amines) is 1. The molecule has 2 saturated heterocycles. The molecule has 29 heavy (non-hydrogen) atoms. The highest BCUT2D eigenvalue weighted by atomic mass is 16.2. The van der Waals surface area contributed by atoms with Gasteiger partial charge in [-0.05, 0) is 26.2 Å². The second kappa shape index (κ2) is 10.8. The van der Waals surface area contributed by atoms with Gasteiger partial charge in [0.1, 0.15) is 0 Å². The van der Waals surface area contributed by atoms with Gasteiger partial charge in [0, 0.05) is 71.2 Å². The normalized spacial score (nSPS) is 24.2. The molecule has 2 N–H and O–H groups in total. The molecule has 1 unspecified atom stereocenters. The number of nitrogens with zero attached hydrogens (tertiary/aromatic N) is 4.